The maximum Gasteiger partial charge on any atom is 0.255 e. The first-order valence-electron chi connectivity index (χ1n) is 8.22. The number of ether oxygens (including phenoxy) is 1. The highest BCUT2D eigenvalue weighted by Gasteiger charge is 2.43. The largest absolute Gasteiger partial charge is 0.496 e. The van der Waals surface area contributed by atoms with Gasteiger partial charge < -0.3 is 15.8 Å². The lowest BCUT2D eigenvalue weighted by Gasteiger charge is -2.32. The molecule has 126 valence electrons. The number of halogens is 1. The molecule has 3 rings (SSSR count). The predicted octanol–water partition coefficient (Wildman–Crippen LogP) is 2.68. The van der Waals surface area contributed by atoms with Gasteiger partial charge in [-0.05, 0) is 51.3 Å². The van der Waals surface area contributed by atoms with E-state index >= 15 is 0 Å². The predicted molar refractivity (Wildman–Crippen MR) is 92.1 cm³/mol. The lowest BCUT2D eigenvalue weighted by atomic mass is 9.90. The van der Waals surface area contributed by atoms with Crippen molar-refractivity contribution in [2.45, 2.75) is 37.6 Å². The number of hydrogen-bond donors (Lipinski definition) is 2. The zero-order valence-electron chi connectivity index (χ0n) is 13.5. The second kappa shape index (κ2) is 6.57. The number of fused-ring (bicyclic) bond motifs is 1. The van der Waals surface area contributed by atoms with Crippen molar-refractivity contribution in [2.75, 3.05) is 32.5 Å². The maximum atomic E-state index is 12.4. The average Bonchev–Trinajstić information content (AvgIpc) is 3.09. The van der Waals surface area contributed by atoms with E-state index in [0.717, 1.165) is 6.42 Å². The van der Waals surface area contributed by atoms with E-state index in [-0.39, 0.29) is 5.91 Å². The first-order valence-corrected chi connectivity index (χ1v) is 8.60. The zero-order valence-corrected chi connectivity index (χ0v) is 14.3. The molecule has 0 aliphatic carbocycles. The highest BCUT2D eigenvalue weighted by atomic mass is 35.5. The van der Waals surface area contributed by atoms with E-state index in [1.165, 1.54) is 45.9 Å². The standard InChI is InChI=1S/C17H24ClN3O2/c1-23-15-11-14(19)13(18)10-12(15)16(22)20-7-6-17-4-2-8-21(17)9-3-5-17/h10-11H,2-9,19H2,1H3,(H,20,22). The van der Waals surface area contributed by atoms with Crippen LogP contribution in [0.1, 0.15) is 42.5 Å². The third-order valence-electron chi connectivity index (χ3n) is 5.25. The number of amides is 1. The van der Waals surface area contributed by atoms with Gasteiger partial charge in [-0.25, -0.2) is 0 Å². The van der Waals surface area contributed by atoms with Gasteiger partial charge in [0.2, 0.25) is 0 Å². The molecule has 0 radical (unpaired) electrons. The minimum Gasteiger partial charge on any atom is -0.496 e. The number of methoxy groups -OCH3 is 1. The molecule has 0 unspecified atom stereocenters. The zero-order chi connectivity index (χ0) is 16.4. The normalized spacial score (nSPS) is 19.6. The van der Waals surface area contributed by atoms with Crippen molar-refractivity contribution in [2.24, 2.45) is 0 Å². The number of nitrogens with zero attached hydrogens (tertiary/aromatic N) is 1. The van der Waals surface area contributed by atoms with Crippen molar-refractivity contribution in [3.63, 3.8) is 0 Å². The molecule has 3 N–H and O–H groups in total. The van der Waals surface area contributed by atoms with Gasteiger partial charge in [-0.3, -0.25) is 9.69 Å². The lowest BCUT2D eigenvalue weighted by Crippen LogP contribution is -2.41. The molecular formula is C17H24ClN3O2. The summed E-state index contributed by atoms with van der Waals surface area (Å²) in [6, 6.07) is 3.16. The van der Waals surface area contributed by atoms with Gasteiger partial charge in [0.05, 0.1) is 23.4 Å². The average molecular weight is 338 g/mol. The third-order valence-corrected chi connectivity index (χ3v) is 5.58. The van der Waals surface area contributed by atoms with Crippen LogP contribution in [-0.2, 0) is 0 Å². The molecule has 2 heterocycles. The number of rotatable bonds is 5. The van der Waals surface area contributed by atoms with E-state index in [0.29, 0.717) is 34.1 Å². The van der Waals surface area contributed by atoms with Gasteiger partial charge in [0.25, 0.3) is 5.91 Å². The smallest absolute Gasteiger partial charge is 0.255 e. The summed E-state index contributed by atoms with van der Waals surface area (Å²) in [7, 11) is 1.52. The van der Waals surface area contributed by atoms with Crippen LogP contribution in [0, 0.1) is 0 Å². The van der Waals surface area contributed by atoms with Gasteiger partial charge in [0.1, 0.15) is 5.75 Å². The van der Waals surface area contributed by atoms with E-state index in [9.17, 15) is 4.79 Å². The number of hydrogen-bond acceptors (Lipinski definition) is 4. The van der Waals surface area contributed by atoms with E-state index in [1.807, 2.05) is 0 Å². The quantitative estimate of drug-likeness (QED) is 0.811. The number of benzene rings is 1. The van der Waals surface area contributed by atoms with Gasteiger partial charge >= 0.3 is 0 Å². The van der Waals surface area contributed by atoms with Crippen LogP contribution in [0.25, 0.3) is 0 Å². The molecular weight excluding hydrogens is 314 g/mol. The molecule has 0 aromatic heterocycles. The number of carbonyl (C=O) groups excluding carboxylic acids is 1. The maximum absolute atomic E-state index is 12.4. The van der Waals surface area contributed by atoms with Crippen LogP contribution < -0.4 is 15.8 Å². The molecule has 0 spiro atoms. The first-order chi connectivity index (χ1) is 11.1. The van der Waals surface area contributed by atoms with Crippen LogP contribution in [0.15, 0.2) is 12.1 Å². The number of anilines is 1. The van der Waals surface area contributed by atoms with Crippen LogP contribution >= 0.6 is 11.6 Å². The summed E-state index contributed by atoms with van der Waals surface area (Å²) in [6.45, 7) is 3.07. The molecule has 5 nitrogen and oxygen atoms in total. The summed E-state index contributed by atoms with van der Waals surface area (Å²) in [5.41, 5.74) is 6.91. The van der Waals surface area contributed by atoms with Crippen LogP contribution in [0.4, 0.5) is 5.69 Å². The monoisotopic (exact) mass is 337 g/mol. The third kappa shape index (κ3) is 3.12. The van der Waals surface area contributed by atoms with E-state index < -0.39 is 0 Å². The fourth-order valence-electron chi connectivity index (χ4n) is 4.05. The molecule has 0 bridgehead atoms. The second-order valence-corrected chi connectivity index (χ2v) is 6.91. The molecule has 0 saturated carbocycles. The van der Waals surface area contributed by atoms with Crippen molar-refractivity contribution < 1.29 is 9.53 Å². The fourth-order valence-corrected chi connectivity index (χ4v) is 4.22. The number of nitrogens with two attached hydrogens (primary N) is 1. The van der Waals surface area contributed by atoms with Crippen molar-refractivity contribution in [1.82, 2.24) is 10.2 Å². The van der Waals surface area contributed by atoms with Crippen LogP contribution in [0.3, 0.4) is 0 Å². The van der Waals surface area contributed by atoms with Gasteiger partial charge in [-0.2, -0.15) is 0 Å². The second-order valence-electron chi connectivity index (χ2n) is 6.50. The fraction of sp³-hybridized carbons (Fsp3) is 0.588. The highest BCUT2D eigenvalue weighted by molar-refractivity contribution is 6.33. The Labute approximate surface area is 142 Å². The Morgan fingerprint density at radius 1 is 1.39 bits per heavy atom. The Kier molecular flexibility index (Phi) is 4.69. The van der Waals surface area contributed by atoms with Crippen molar-refractivity contribution >= 4 is 23.2 Å². The molecule has 0 atom stereocenters. The molecule has 2 fully saturated rings. The summed E-state index contributed by atoms with van der Waals surface area (Å²) in [4.78, 5) is 15.0. The Hall–Kier alpha value is -1.46. The van der Waals surface area contributed by atoms with Crippen LogP contribution in [0.5, 0.6) is 5.75 Å². The summed E-state index contributed by atoms with van der Waals surface area (Å²) in [5.74, 6) is 0.286. The van der Waals surface area contributed by atoms with Gasteiger partial charge in [0.15, 0.2) is 0 Å². The molecule has 6 heteroatoms. The summed E-state index contributed by atoms with van der Waals surface area (Å²) >= 11 is 6.03. The van der Waals surface area contributed by atoms with Crippen molar-refractivity contribution in [3.05, 3.63) is 22.7 Å². The van der Waals surface area contributed by atoms with Crippen molar-refractivity contribution in [3.8, 4) is 5.75 Å². The van der Waals surface area contributed by atoms with E-state index in [2.05, 4.69) is 10.2 Å². The summed E-state index contributed by atoms with van der Waals surface area (Å²) in [6.07, 6.45) is 6.05. The molecule has 2 aliphatic heterocycles. The molecule has 2 saturated heterocycles. The van der Waals surface area contributed by atoms with E-state index in [1.54, 1.807) is 12.1 Å². The van der Waals surface area contributed by atoms with E-state index in [4.69, 9.17) is 22.1 Å². The minimum absolute atomic E-state index is 0.164. The Balaban J connectivity index is 1.63. The van der Waals surface area contributed by atoms with Crippen molar-refractivity contribution in [1.29, 1.82) is 0 Å². The SMILES string of the molecule is COc1cc(N)c(Cl)cc1C(=O)NCCC12CCCN1CCC2. The number of carbonyl (C=O) groups is 1. The highest BCUT2D eigenvalue weighted by Crippen LogP contribution is 2.41. The minimum atomic E-state index is -0.164. The molecule has 1 aromatic rings. The Morgan fingerprint density at radius 3 is 2.74 bits per heavy atom. The molecule has 2 aliphatic rings. The topological polar surface area (TPSA) is 67.6 Å². The molecule has 1 aromatic carbocycles. The van der Waals surface area contributed by atoms with Crippen LogP contribution in [-0.4, -0.2) is 43.1 Å². The Bertz CT molecular complexity index is 596. The number of nitrogens with one attached hydrogen (secondary N) is 1. The summed E-state index contributed by atoms with van der Waals surface area (Å²) in [5, 5.41) is 3.38. The van der Waals surface area contributed by atoms with Gasteiger partial charge in [-0.1, -0.05) is 11.6 Å². The van der Waals surface area contributed by atoms with Crippen LogP contribution in [0.2, 0.25) is 5.02 Å². The number of nitrogen functional groups attached to an aromatic ring is 1. The summed E-state index contributed by atoms with van der Waals surface area (Å²) < 4.78 is 5.24. The van der Waals surface area contributed by atoms with Gasteiger partial charge in [-0.15, -0.1) is 0 Å². The molecule has 1 amide bonds. The first kappa shape index (κ1) is 16.4. The van der Waals surface area contributed by atoms with Gasteiger partial charge in [0, 0.05) is 18.2 Å². The lowest BCUT2D eigenvalue weighted by molar-refractivity contribution is 0.0940. The Morgan fingerprint density at radius 2 is 2.09 bits per heavy atom. The molecule has 23 heavy (non-hydrogen) atoms.